The highest BCUT2D eigenvalue weighted by Crippen LogP contribution is 2.18. The zero-order valence-corrected chi connectivity index (χ0v) is 13.9. The first-order chi connectivity index (χ1) is 10.8. The molecule has 23 heavy (non-hydrogen) atoms. The van der Waals surface area contributed by atoms with Gasteiger partial charge in [0.2, 0.25) is 0 Å². The van der Waals surface area contributed by atoms with Gasteiger partial charge in [-0.2, -0.15) is 5.10 Å². The molecule has 0 saturated heterocycles. The normalized spacial score (nSPS) is 12.7. The van der Waals surface area contributed by atoms with Crippen LogP contribution < -0.4 is 10.1 Å². The average Bonchev–Trinajstić information content (AvgIpc) is 3.01. The molecule has 2 aromatic rings. The lowest BCUT2D eigenvalue weighted by molar-refractivity contribution is 0.0585. The highest BCUT2D eigenvalue weighted by atomic mass is 16.5. The standard InChI is InChI=1S/C17H23N3O3/c1-17(2,3)15(21)11-18-16(22)14-9-10-20(19-14)12-5-7-13(23-4)8-6-12/h5-10,15,21H,11H2,1-4H3,(H,18,22). The van der Waals surface area contributed by atoms with Crippen LogP contribution in [0.1, 0.15) is 31.3 Å². The number of carbonyl (C=O) groups is 1. The van der Waals surface area contributed by atoms with Crippen LogP contribution in [0, 0.1) is 5.41 Å². The van der Waals surface area contributed by atoms with Crippen molar-refractivity contribution in [3.63, 3.8) is 0 Å². The smallest absolute Gasteiger partial charge is 0.271 e. The number of methoxy groups -OCH3 is 1. The molecule has 124 valence electrons. The Morgan fingerprint density at radius 3 is 2.52 bits per heavy atom. The molecule has 6 nitrogen and oxygen atoms in total. The first-order valence-electron chi connectivity index (χ1n) is 7.47. The van der Waals surface area contributed by atoms with E-state index in [1.807, 2.05) is 45.0 Å². The monoisotopic (exact) mass is 317 g/mol. The summed E-state index contributed by atoms with van der Waals surface area (Å²) in [5.41, 5.74) is 0.858. The molecule has 0 fully saturated rings. The molecule has 6 heteroatoms. The number of benzene rings is 1. The summed E-state index contributed by atoms with van der Waals surface area (Å²) < 4.78 is 6.73. The molecular weight excluding hydrogens is 294 g/mol. The second kappa shape index (κ2) is 6.83. The fourth-order valence-electron chi connectivity index (χ4n) is 1.91. The van der Waals surface area contributed by atoms with Crippen molar-refractivity contribution < 1.29 is 14.6 Å². The molecule has 2 N–H and O–H groups in total. The van der Waals surface area contributed by atoms with Crippen LogP contribution in [0.5, 0.6) is 5.75 Å². The lowest BCUT2D eigenvalue weighted by Gasteiger charge is -2.25. The van der Waals surface area contributed by atoms with Crippen LogP contribution in [-0.2, 0) is 0 Å². The Labute approximate surface area is 136 Å². The van der Waals surface area contributed by atoms with Crippen LogP contribution in [0.4, 0.5) is 0 Å². The summed E-state index contributed by atoms with van der Waals surface area (Å²) in [4.78, 5) is 12.1. The topological polar surface area (TPSA) is 76.4 Å². The van der Waals surface area contributed by atoms with Crippen LogP contribution in [-0.4, -0.2) is 40.6 Å². The molecule has 2 rings (SSSR count). The predicted molar refractivity (Wildman–Crippen MR) is 87.9 cm³/mol. The van der Waals surface area contributed by atoms with Gasteiger partial charge in [0, 0.05) is 12.7 Å². The maximum Gasteiger partial charge on any atom is 0.271 e. The van der Waals surface area contributed by atoms with Gasteiger partial charge < -0.3 is 15.2 Å². The van der Waals surface area contributed by atoms with Crippen LogP contribution >= 0.6 is 0 Å². The molecule has 0 bridgehead atoms. The molecule has 1 unspecified atom stereocenters. The first-order valence-corrected chi connectivity index (χ1v) is 7.47. The number of aliphatic hydroxyl groups is 1. The van der Waals surface area contributed by atoms with Gasteiger partial charge in [0.25, 0.3) is 5.91 Å². The summed E-state index contributed by atoms with van der Waals surface area (Å²) >= 11 is 0. The third-order valence-corrected chi connectivity index (χ3v) is 3.61. The van der Waals surface area contributed by atoms with Gasteiger partial charge in [-0.1, -0.05) is 20.8 Å². The van der Waals surface area contributed by atoms with E-state index in [4.69, 9.17) is 4.74 Å². The van der Waals surface area contributed by atoms with Gasteiger partial charge in [0.1, 0.15) is 5.75 Å². The van der Waals surface area contributed by atoms with Crippen molar-refractivity contribution in [2.75, 3.05) is 13.7 Å². The van der Waals surface area contributed by atoms with Gasteiger partial charge in [-0.15, -0.1) is 0 Å². The van der Waals surface area contributed by atoms with E-state index in [-0.39, 0.29) is 17.9 Å². The van der Waals surface area contributed by atoms with Crippen molar-refractivity contribution in [2.45, 2.75) is 26.9 Å². The third kappa shape index (κ3) is 4.32. The number of carbonyl (C=O) groups excluding carboxylic acids is 1. The average molecular weight is 317 g/mol. The van der Waals surface area contributed by atoms with Gasteiger partial charge >= 0.3 is 0 Å². The number of ether oxygens (including phenoxy) is 1. The minimum atomic E-state index is -0.616. The van der Waals surface area contributed by atoms with Crippen molar-refractivity contribution in [3.8, 4) is 11.4 Å². The van der Waals surface area contributed by atoms with Gasteiger partial charge in [-0.3, -0.25) is 4.79 Å². The minimum absolute atomic E-state index is 0.192. The SMILES string of the molecule is COc1ccc(-n2ccc(C(=O)NCC(O)C(C)(C)C)n2)cc1. The summed E-state index contributed by atoms with van der Waals surface area (Å²) in [5, 5.41) is 16.9. The molecule has 0 spiro atoms. The maximum atomic E-state index is 12.1. The Hall–Kier alpha value is -2.34. The molecular formula is C17H23N3O3. The molecule has 0 saturated carbocycles. The number of hydrogen-bond acceptors (Lipinski definition) is 4. The van der Waals surface area contributed by atoms with E-state index in [2.05, 4.69) is 10.4 Å². The number of aromatic nitrogens is 2. The Morgan fingerprint density at radius 2 is 1.96 bits per heavy atom. The Balaban J connectivity index is 2.02. The largest absolute Gasteiger partial charge is 0.497 e. The second-order valence-electron chi connectivity index (χ2n) is 6.44. The van der Waals surface area contributed by atoms with Gasteiger partial charge in [0.15, 0.2) is 5.69 Å². The van der Waals surface area contributed by atoms with Crippen LogP contribution in [0.15, 0.2) is 36.5 Å². The molecule has 0 aliphatic carbocycles. The molecule has 1 amide bonds. The van der Waals surface area contributed by atoms with Crippen molar-refractivity contribution in [3.05, 3.63) is 42.2 Å². The molecule has 0 aliphatic heterocycles. The maximum absolute atomic E-state index is 12.1. The fraction of sp³-hybridized carbons (Fsp3) is 0.412. The van der Waals surface area contributed by atoms with Gasteiger partial charge in [-0.25, -0.2) is 4.68 Å². The quantitative estimate of drug-likeness (QED) is 0.884. The number of nitrogens with one attached hydrogen (secondary N) is 1. The Morgan fingerprint density at radius 1 is 1.30 bits per heavy atom. The summed E-state index contributed by atoms with van der Waals surface area (Å²) in [5.74, 6) is 0.454. The number of nitrogens with zero attached hydrogens (tertiary/aromatic N) is 2. The van der Waals surface area contributed by atoms with E-state index >= 15 is 0 Å². The second-order valence-corrected chi connectivity index (χ2v) is 6.44. The third-order valence-electron chi connectivity index (χ3n) is 3.61. The van der Waals surface area contributed by atoms with E-state index < -0.39 is 6.10 Å². The van der Waals surface area contributed by atoms with Crippen molar-refractivity contribution in [1.29, 1.82) is 0 Å². The lowest BCUT2D eigenvalue weighted by Crippen LogP contribution is -2.39. The van der Waals surface area contributed by atoms with Gasteiger partial charge in [-0.05, 0) is 35.7 Å². The number of amides is 1. The van der Waals surface area contributed by atoms with Crippen molar-refractivity contribution in [1.82, 2.24) is 15.1 Å². The summed E-state index contributed by atoms with van der Waals surface area (Å²) in [6.07, 6.45) is 1.10. The summed E-state index contributed by atoms with van der Waals surface area (Å²) in [6.45, 7) is 5.95. The van der Waals surface area contributed by atoms with Crippen LogP contribution in [0.3, 0.4) is 0 Å². The molecule has 1 aromatic carbocycles. The van der Waals surface area contributed by atoms with E-state index in [1.54, 1.807) is 24.1 Å². The Bertz CT molecular complexity index is 656. The van der Waals surface area contributed by atoms with Crippen LogP contribution in [0.25, 0.3) is 5.69 Å². The van der Waals surface area contributed by atoms with Crippen LogP contribution in [0.2, 0.25) is 0 Å². The Kier molecular flexibility index (Phi) is 5.05. The molecule has 1 atom stereocenters. The minimum Gasteiger partial charge on any atom is -0.497 e. The van der Waals surface area contributed by atoms with Crippen molar-refractivity contribution >= 4 is 5.91 Å². The highest BCUT2D eigenvalue weighted by Gasteiger charge is 2.23. The van der Waals surface area contributed by atoms with Crippen molar-refractivity contribution in [2.24, 2.45) is 5.41 Å². The number of hydrogen-bond donors (Lipinski definition) is 2. The molecule has 0 aliphatic rings. The number of rotatable bonds is 5. The van der Waals surface area contributed by atoms with E-state index in [9.17, 15) is 9.90 Å². The summed E-state index contributed by atoms with van der Waals surface area (Å²) in [7, 11) is 1.61. The zero-order chi connectivity index (χ0) is 17.0. The highest BCUT2D eigenvalue weighted by molar-refractivity contribution is 5.92. The van der Waals surface area contributed by atoms with E-state index in [1.165, 1.54) is 0 Å². The molecule has 1 heterocycles. The fourth-order valence-corrected chi connectivity index (χ4v) is 1.91. The summed E-state index contributed by atoms with van der Waals surface area (Å²) in [6, 6.07) is 9.02. The first kappa shape index (κ1) is 17.0. The van der Waals surface area contributed by atoms with Gasteiger partial charge in [0.05, 0.1) is 18.9 Å². The number of aliphatic hydroxyl groups excluding tert-OH is 1. The van der Waals surface area contributed by atoms with E-state index in [0.29, 0.717) is 5.69 Å². The zero-order valence-electron chi connectivity index (χ0n) is 13.9. The molecule has 0 radical (unpaired) electrons. The van der Waals surface area contributed by atoms with E-state index in [0.717, 1.165) is 11.4 Å². The predicted octanol–water partition coefficient (Wildman–Crippen LogP) is 2.02. The lowest BCUT2D eigenvalue weighted by atomic mass is 9.89. The molecule has 1 aromatic heterocycles.